The minimum absolute atomic E-state index is 0.00667. The van der Waals surface area contributed by atoms with Gasteiger partial charge in [-0.1, -0.05) is 0 Å². The summed E-state index contributed by atoms with van der Waals surface area (Å²) in [5.41, 5.74) is 4.29. The lowest BCUT2D eigenvalue weighted by molar-refractivity contribution is -0.336. The van der Waals surface area contributed by atoms with Gasteiger partial charge in [0.05, 0.1) is 6.42 Å². The number of allylic oxidation sites excluding steroid dienone is 2. The molecule has 1 N–H and O–H groups in total. The molecule has 0 spiro atoms. The number of aryl methyl sites for hydroxylation is 1. The largest absolute Gasteiger partial charge is 0.846 e. The van der Waals surface area contributed by atoms with Crippen LogP contribution in [0.15, 0.2) is 29.5 Å². The first kappa shape index (κ1) is 12.9. The molecule has 0 bridgehead atoms. The Labute approximate surface area is 116 Å². The molecule has 3 rings (SSSR count). The topological polar surface area (TPSA) is 45.2 Å². The summed E-state index contributed by atoms with van der Waals surface area (Å²) in [4.78, 5) is 10.7. The Hall–Kier alpha value is -2.11. The van der Waals surface area contributed by atoms with Crippen molar-refractivity contribution in [3.8, 4) is 0 Å². The smallest absolute Gasteiger partial charge is 0.481 e. The van der Waals surface area contributed by atoms with E-state index in [4.69, 9.17) is 5.11 Å². The highest BCUT2D eigenvalue weighted by molar-refractivity contribution is 6.43. The molecule has 20 heavy (non-hydrogen) atoms. The van der Waals surface area contributed by atoms with E-state index < -0.39 is 13.2 Å². The summed E-state index contributed by atoms with van der Waals surface area (Å²) < 4.78 is 18.0. The standard InChI is InChI=1S/C14H14BFN2O2/c1-9-7-10(2)17-13(9)8-12-4-3-11(5-6-14(19)20)18(12)15(17)16/h3-4,7-8H,5-6H2,1-2H3/p+1. The highest BCUT2D eigenvalue weighted by atomic mass is 19.1. The summed E-state index contributed by atoms with van der Waals surface area (Å²) in [6, 6.07) is 3.65. The zero-order valence-electron chi connectivity index (χ0n) is 11.4. The number of aliphatic carboxylic acids is 1. The summed E-state index contributed by atoms with van der Waals surface area (Å²) >= 11 is 0. The fourth-order valence-corrected chi connectivity index (χ4v) is 2.88. The molecule has 0 saturated heterocycles. The Morgan fingerprint density at radius 1 is 1.40 bits per heavy atom. The third-order valence-corrected chi connectivity index (χ3v) is 3.81. The van der Waals surface area contributed by atoms with Crippen molar-refractivity contribution in [2.45, 2.75) is 26.7 Å². The van der Waals surface area contributed by atoms with Gasteiger partial charge >= 0.3 is 13.2 Å². The van der Waals surface area contributed by atoms with Crippen LogP contribution >= 0.6 is 0 Å². The Morgan fingerprint density at radius 2 is 2.15 bits per heavy atom. The molecule has 0 unspecified atom stereocenters. The van der Waals surface area contributed by atoms with Gasteiger partial charge < -0.3 is 5.11 Å². The Balaban J connectivity index is 2.04. The van der Waals surface area contributed by atoms with Gasteiger partial charge in [-0.3, -0.25) is 9.27 Å². The van der Waals surface area contributed by atoms with E-state index in [2.05, 4.69) is 0 Å². The van der Waals surface area contributed by atoms with E-state index in [1.807, 2.05) is 32.1 Å². The van der Waals surface area contributed by atoms with E-state index in [0.29, 0.717) is 12.1 Å². The minimum atomic E-state index is -1.31. The van der Waals surface area contributed by atoms with Gasteiger partial charge in [-0.25, -0.2) is 8.80 Å². The van der Waals surface area contributed by atoms with Crippen molar-refractivity contribution >= 4 is 25.0 Å². The highest BCUT2D eigenvalue weighted by Crippen LogP contribution is 2.29. The molecule has 2 aliphatic rings. The summed E-state index contributed by atoms with van der Waals surface area (Å²) in [6.45, 7) is 3.84. The van der Waals surface area contributed by atoms with Crippen molar-refractivity contribution in [3.63, 3.8) is 0 Å². The molecule has 2 aliphatic heterocycles. The molecule has 0 saturated carbocycles. The maximum atomic E-state index is 14.8. The van der Waals surface area contributed by atoms with Gasteiger partial charge in [0.15, 0.2) is 11.4 Å². The van der Waals surface area contributed by atoms with Gasteiger partial charge in [-0.05, 0) is 25.5 Å². The Kier molecular flexibility index (Phi) is 2.89. The second kappa shape index (κ2) is 4.47. The van der Waals surface area contributed by atoms with Crippen LogP contribution in [0.1, 0.15) is 31.7 Å². The van der Waals surface area contributed by atoms with Crippen molar-refractivity contribution in [1.82, 2.24) is 4.48 Å². The SMILES string of the molecule is CC1=CC(C)=[N+]2B(F)n3c(ccc3CCC(=O)O)C=C12. The average Bonchev–Trinajstić information content (AvgIpc) is 2.90. The molecule has 0 radical (unpaired) electrons. The molecule has 1 aromatic heterocycles. The predicted octanol–water partition coefficient (Wildman–Crippen LogP) is 2.10. The molecule has 0 fully saturated rings. The van der Waals surface area contributed by atoms with Crippen molar-refractivity contribution in [2.75, 3.05) is 0 Å². The molecule has 6 heteroatoms. The van der Waals surface area contributed by atoms with Crippen LogP contribution in [0.25, 0.3) is 6.08 Å². The molecular weight excluding hydrogens is 258 g/mol. The number of hydrogen-bond donors (Lipinski definition) is 1. The summed E-state index contributed by atoms with van der Waals surface area (Å²) in [7, 11) is -1.31. The van der Waals surface area contributed by atoms with Gasteiger partial charge in [0.25, 0.3) is 0 Å². The summed E-state index contributed by atoms with van der Waals surface area (Å²) in [6.07, 6.45) is 4.25. The number of carboxylic acids is 1. The Bertz CT molecular complexity index is 700. The fraction of sp³-hybridized carbons (Fsp3) is 0.286. The lowest BCUT2D eigenvalue weighted by Gasteiger charge is -2.15. The molecule has 0 aliphatic carbocycles. The van der Waals surface area contributed by atoms with E-state index in [9.17, 15) is 9.11 Å². The van der Waals surface area contributed by atoms with Crippen molar-refractivity contribution in [3.05, 3.63) is 40.9 Å². The molecule has 3 heterocycles. The predicted molar refractivity (Wildman–Crippen MR) is 75.3 cm³/mol. The quantitative estimate of drug-likeness (QED) is 0.857. The third-order valence-electron chi connectivity index (χ3n) is 3.81. The van der Waals surface area contributed by atoms with Gasteiger partial charge in [-0.2, -0.15) is 0 Å². The monoisotopic (exact) mass is 273 g/mol. The number of carboxylic acid groups (broad SMARTS) is 1. The number of hydrogen-bond acceptors (Lipinski definition) is 1. The van der Waals surface area contributed by atoms with E-state index in [-0.39, 0.29) is 6.42 Å². The number of halogens is 1. The fourth-order valence-electron chi connectivity index (χ4n) is 2.88. The summed E-state index contributed by atoms with van der Waals surface area (Å²) in [5, 5.41) is 8.77. The van der Waals surface area contributed by atoms with Gasteiger partial charge in [0.1, 0.15) is 0 Å². The zero-order valence-corrected chi connectivity index (χ0v) is 11.4. The van der Waals surface area contributed by atoms with Crippen molar-refractivity contribution in [2.24, 2.45) is 0 Å². The second-order valence-electron chi connectivity index (χ2n) is 5.19. The van der Waals surface area contributed by atoms with E-state index in [1.54, 1.807) is 15.0 Å². The van der Waals surface area contributed by atoms with Crippen LogP contribution in [-0.2, 0) is 11.2 Å². The molecule has 0 atom stereocenters. The zero-order chi connectivity index (χ0) is 14.4. The average molecular weight is 273 g/mol. The molecule has 0 aromatic carbocycles. The number of rotatable bonds is 3. The van der Waals surface area contributed by atoms with Crippen LogP contribution in [0.5, 0.6) is 0 Å². The molecule has 0 amide bonds. The van der Waals surface area contributed by atoms with Crippen LogP contribution < -0.4 is 0 Å². The first-order valence-electron chi connectivity index (χ1n) is 6.58. The second-order valence-corrected chi connectivity index (χ2v) is 5.19. The molecule has 4 nitrogen and oxygen atoms in total. The minimum Gasteiger partial charge on any atom is -0.481 e. The number of aromatic nitrogens is 1. The Morgan fingerprint density at radius 3 is 2.85 bits per heavy atom. The lowest BCUT2D eigenvalue weighted by Crippen LogP contribution is -2.39. The lowest BCUT2D eigenvalue weighted by atomic mass is 9.95. The molecule has 102 valence electrons. The number of nitrogens with zero attached hydrogens (tertiary/aromatic N) is 2. The van der Waals surface area contributed by atoms with Crippen molar-refractivity contribution in [1.29, 1.82) is 0 Å². The van der Waals surface area contributed by atoms with Gasteiger partial charge in [0.2, 0.25) is 0 Å². The highest BCUT2D eigenvalue weighted by Gasteiger charge is 2.48. The molecular formula is C14H15BFN2O2+. The van der Waals surface area contributed by atoms with Crippen LogP contribution in [0.4, 0.5) is 4.32 Å². The summed E-state index contributed by atoms with van der Waals surface area (Å²) in [5.74, 6) is -0.871. The molecule has 1 aromatic rings. The normalized spacial score (nSPS) is 16.9. The van der Waals surface area contributed by atoms with Crippen molar-refractivity contribution < 1.29 is 18.7 Å². The first-order valence-corrected chi connectivity index (χ1v) is 6.58. The number of carbonyl (C=O) groups is 1. The maximum Gasteiger partial charge on any atom is 0.846 e. The first-order chi connectivity index (χ1) is 9.49. The number of fused-ring (bicyclic) bond motifs is 2. The van der Waals surface area contributed by atoms with Gasteiger partial charge in [0, 0.05) is 36.0 Å². The van der Waals surface area contributed by atoms with E-state index >= 15 is 0 Å². The third kappa shape index (κ3) is 1.83. The van der Waals surface area contributed by atoms with Crippen LogP contribution in [0.2, 0.25) is 0 Å². The van der Waals surface area contributed by atoms with Crippen LogP contribution in [0.3, 0.4) is 0 Å². The van der Waals surface area contributed by atoms with E-state index in [1.165, 1.54) is 0 Å². The van der Waals surface area contributed by atoms with Gasteiger partial charge in [-0.15, -0.1) is 0 Å². The van der Waals surface area contributed by atoms with E-state index in [0.717, 1.165) is 22.7 Å². The van der Waals surface area contributed by atoms with Crippen LogP contribution in [0, 0.1) is 0 Å². The maximum absolute atomic E-state index is 14.8. The van der Waals surface area contributed by atoms with Crippen LogP contribution in [-0.4, -0.2) is 33.0 Å².